The lowest BCUT2D eigenvalue weighted by Crippen LogP contribution is -2.21. The summed E-state index contributed by atoms with van der Waals surface area (Å²) in [4.78, 5) is 21.1. The summed E-state index contributed by atoms with van der Waals surface area (Å²) in [6.07, 6.45) is 0. The summed E-state index contributed by atoms with van der Waals surface area (Å²) in [5.74, 6) is -0.875. The molecule has 1 N–H and O–H groups in total. The average molecular weight is 208 g/mol. The maximum Gasteiger partial charge on any atom is 0.266 e. The van der Waals surface area contributed by atoms with Crippen molar-refractivity contribution in [2.75, 3.05) is 0 Å². The number of rotatable bonds is 0. The van der Waals surface area contributed by atoms with E-state index < -0.39 is 11.8 Å². The molecule has 0 saturated heterocycles. The molecule has 0 atom stereocenters. The Labute approximate surface area is 65.0 Å². The van der Waals surface area contributed by atoms with Crippen molar-refractivity contribution >= 4 is 40.4 Å². The number of imide groups is 1. The highest BCUT2D eigenvalue weighted by atomic mass is 79.9. The first-order chi connectivity index (χ1) is 4.13. The molecule has 1 rings (SSSR count). The van der Waals surface area contributed by atoms with Crippen LogP contribution in [0.3, 0.4) is 0 Å². The molecule has 1 aliphatic heterocycles. The molecule has 0 fully saturated rings. The van der Waals surface area contributed by atoms with Gasteiger partial charge in [0, 0.05) is 0 Å². The van der Waals surface area contributed by atoms with Crippen molar-refractivity contribution in [2.45, 2.75) is 0 Å². The number of halogens is 1. The fourth-order valence-electron chi connectivity index (χ4n) is 0.424. The molecule has 0 unspecified atom stereocenters. The molecule has 1 aliphatic rings. The van der Waals surface area contributed by atoms with E-state index in [0.29, 0.717) is 0 Å². The summed E-state index contributed by atoms with van der Waals surface area (Å²) in [7, 11) is 0. The number of nitrogens with one attached hydrogen (secondary N) is 1. The van der Waals surface area contributed by atoms with E-state index in [1.807, 2.05) is 5.32 Å². The van der Waals surface area contributed by atoms with Crippen LogP contribution in [0.4, 0.5) is 0 Å². The second-order valence-electron chi connectivity index (χ2n) is 1.45. The van der Waals surface area contributed by atoms with Crippen molar-refractivity contribution in [2.24, 2.45) is 0 Å². The van der Waals surface area contributed by atoms with E-state index in [1.54, 1.807) is 0 Å². The van der Waals surface area contributed by atoms with Gasteiger partial charge in [-0.3, -0.25) is 14.9 Å². The minimum Gasteiger partial charge on any atom is -0.287 e. The molecular weight excluding hydrogens is 206 g/mol. The number of carbonyl (C=O) groups excluding carboxylic acids is 2. The Kier molecular flexibility index (Phi) is 1.63. The van der Waals surface area contributed by atoms with Gasteiger partial charge >= 0.3 is 0 Å². The Balaban J connectivity index is 3.06. The van der Waals surface area contributed by atoms with Gasteiger partial charge in [-0.25, -0.2) is 0 Å². The molecule has 0 aromatic carbocycles. The van der Waals surface area contributed by atoms with Crippen LogP contribution in [0.15, 0.2) is 9.39 Å². The number of hydrogen-bond acceptors (Lipinski definition) is 3. The van der Waals surface area contributed by atoms with Crippen LogP contribution in [-0.2, 0) is 9.59 Å². The summed E-state index contributed by atoms with van der Waals surface area (Å²) < 4.78 is 0.204. The maximum absolute atomic E-state index is 10.5. The van der Waals surface area contributed by atoms with Crippen LogP contribution in [0.5, 0.6) is 0 Å². The van der Waals surface area contributed by atoms with Crippen LogP contribution in [0.1, 0.15) is 0 Å². The number of carbonyl (C=O) groups is 2. The second kappa shape index (κ2) is 2.15. The van der Waals surface area contributed by atoms with Gasteiger partial charge in [-0.2, -0.15) is 0 Å². The zero-order chi connectivity index (χ0) is 7.02. The van der Waals surface area contributed by atoms with Crippen LogP contribution in [-0.4, -0.2) is 11.8 Å². The van der Waals surface area contributed by atoms with Gasteiger partial charge in [-0.05, 0) is 15.9 Å². The number of hydrogen-bond donors (Lipinski definition) is 2. The van der Waals surface area contributed by atoms with Crippen LogP contribution in [0, 0.1) is 0 Å². The summed E-state index contributed by atoms with van der Waals surface area (Å²) >= 11 is 6.62. The van der Waals surface area contributed by atoms with E-state index in [0.717, 1.165) is 0 Å². The van der Waals surface area contributed by atoms with Crippen molar-refractivity contribution in [3.05, 3.63) is 9.39 Å². The van der Waals surface area contributed by atoms with E-state index in [1.165, 1.54) is 0 Å². The molecule has 3 nitrogen and oxygen atoms in total. The van der Waals surface area contributed by atoms with Crippen molar-refractivity contribution in [3.63, 3.8) is 0 Å². The predicted octanol–water partition coefficient (Wildman–Crippen LogP) is 0.179. The Morgan fingerprint density at radius 1 is 1.33 bits per heavy atom. The van der Waals surface area contributed by atoms with Crippen molar-refractivity contribution in [3.8, 4) is 0 Å². The van der Waals surface area contributed by atoms with E-state index in [4.69, 9.17) is 0 Å². The molecule has 0 radical (unpaired) electrons. The first kappa shape index (κ1) is 6.82. The predicted molar refractivity (Wildman–Crippen MR) is 38.1 cm³/mol. The molecule has 0 saturated carbocycles. The summed E-state index contributed by atoms with van der Waals surface area (Å²) in [6.45, 7) is 0. The van der Waals surface area contributed by atoms with Gasteiger partial charge in [0.2, 0.25) is 0 Å². The number of amides is 2. The molecule has 0 aromatic heterocycles. The molecule has 1 heterocycles. The molecule has 48 valence electrons. The van der Waals surface area contributed by atoms with Gasteiger partial charge in [0.1, 0.15) is 4.48 Å². The van der Waals surface area contributed by atoms with Crippen LogP contribution in [0.2, 0.25) is 0 Å². The number of thiol groups is 1. The Morgan fingerprint density at radius 3 is 2.00 bits per heavy atom. The molecular formula is C4H2BrNO2S. The van der Waals surface area contributed by atoms with E-state index in [9.17, 15) is 9.59 Å². The zero-order valence-corrected chi connectivity index (χ0v) is 6.62. The van der Waals surface area contributed by atoms with Gasteiger partial charge in [-0.1, -0.05) is 0 Å². The summed E-state index contributed by atoms with van der Waals surface area (Å²) in [5.41, 5.74) is 0. The van der Waals surface area contributed by atoms with Crippen LogP contribution < -0.4 is 5.32 Å². The van der Waals surface area contributed by atoms with Gasteiger partial charge in [0.15, 0.2) is 0 Å². The molecule has 2 amide bonds. The van der Waals surface area contributed by atoms with E-state index in [-0.39, 0.29) is 9.39 Å². The minimum absolute atomic E-state index is 0.139. The van der Waals surface area contributed by atoms with E-state index in [2.05, 4.69) is 28.6 Å². The Hall–Kier alpha value is -0.290. The fraction of sp³-hybridized carbons (Fsp3) is 0. The molecule has 0 bridgehead atoms. The average Bonchev–Trinajstić information content (AvgIpc) is 1.98. The fourth-order valence-corrected chi connectivity index (χ4v) is 0.861. The maximum atomic E-state index is 10.5. The third-order valence-electron chi connectivity index (χ3n) is 0.849. The van der Waals surface area contributed by atoms with E-state index >= 15 is 0 Å². The minimum atomic E-state index is -0.449. The summed E-state index contributed by atoms with van der Waals surface area (Å²) in [5, 5.41) is 2.04. The highest BCUT2D eigenvalue weighted by Gasteiger charge is 2.25. The molecule has 0 spiro atoms. The lowest BCUT2D eigenvalue weighted by atomic mass is 10.5. The lowest BCUT2D eigenvalue weighted by Gasteiger charge is -1.83. The highest BCUT2D eigenvalue weighted by Crippen LogP contribution is 2.20. The molecule has 0 aromatic rings. The summed E-state index contributed by atoms with van der Waals surface area (Å²) in [6, 6.07) is 0. The zero-order valence-electron chi connectivity index (χ0n) is 4.14. The van der Waals surface area contributed by atoms with Gasteiger partial charge in [-0.15, -0.1) is 12.6 Å². The van der Waals surface area contributed by atoms with Crippen molar-refractivity contribution in [1.82, 2.24) is 5.32 Å². The lowest BCUT2D eigenvalue weighted by molar-refractivity contribution is -0.123. The monoisotopic (exact) mass is 207 g/mol. The highest BCUT2D eigenvalue weighted by molar-refractivity contribution is 9.12. The van der Waals surface area contributed by atoms with Crippen molar-refractivity contribution in [1.29, 1.82) is 0 Å². The van der Waals surface area contributed by atoms with Crippen molar-refractivity contribution < 1.29 is 9.59 Å². The molecule has 5 heteroatoms. The SMILES string of the molecule is O=C1NC(=O)C(Br)=C1S. The standard InChI is InChI=1S/C4H2BrNO2S/c5-1-2(9)4(8)6-3(1)7/h(H2,6,7,8,9). The van der Waals surface area contributed by atoms with Gasteiger partial charge in [0.25, 0.3) is 11.8 Å². The third kappa shape index (κ3) is 1.02. The molecule has 0 aliphatic carbocycles. The van der Waals surface area contributed by atoms with Crippen LogP contribution in [0.25, 0.3) is 0 Å². The first-order valence-corrected chi connectivity index (χ1v) is 3.31. The largest absolute Gasteiger partial charge is 0.287 e. The van der Waals surface area contributed by atoms with Gasteiger partial charge < -0.3 is 0 Å². The van der Waals surface area contributed by atoms with Gasteiger partial charge in [0.05, 0.1) is 4.91 Å². The Bertz CT molecular complexity index is 201. The quantitative estimate of drug-likeness (QED) is 0.440. The smallest absolute Gasteiger partial charge is 0.266 e. The topological polar surface area (TPSA) is 46.2 Å². The molecule has 9 heavy (non-hydrogen) atoms. The first-order valence-electron chi connectivity index (χ1n) is 2.07. The normalized spacial score (nSPS) is 18.9. The van der Waals surface area contributed by atoms with Crippen LogP contribution >= 0.6 is 28.6 Å². The second-order valence-corrected chi connectivity index (χ2v) is 2.69. The third-order valence-corrected chi connectivity index (χ3v) is 2.34. The Morgan fingerprint density at radius 2 is 1.89 bits per heavy atom.